The van der Waals surface area contributed by atoms with Crippen molar-refractivity contribution in [3.8, 4) is 5.75 Å². The number of nitrogens with two attached hydrogens (primary N) is 1. The number of halogens is 5. The Labute approximate surface area is 179 Å². The smallest absolute Gasteiger partial charge is 0.416 e. The van der Waals surface area contributed by atoms with Crippen LogP contribution < -0.4 is 15.4 Å². The van der Waals surface area contributed by atoms with E-state index in [2.05, 4.69) is 4.98 Å². The lowest BCUT2D eigenvalue weighted by Crippen LogP contribution is -2.51. The molecule has 3 aromatic rings. The molecule has 0 bridgehead atoms. The van der Waals surface area contributed by atoms with E-state index in [1.54, 1.807) is 30.5 Å². The van der Waals surface area contributed by atoms with Crippen molar-refractivity contribution in [2.24, 2.45) is 5.73 Å². The van der Waals surface area contributed by atoms with Crippen LogP contribution >= 0.6 is 0 Å². The van der Waals surface area contributed by atoms with Gasteiger partial charge in [-0.25, -0.2) is 13.6 Å². The second kappa shape index (κ2) is 7.92. The van der Waals surface area contributed by atoms with E-state index in [4.69, 9.17) is 10.5 Å². The number of carbonyl (C=O) groups excluding carboxylic acids is 1. The molecule has 32 heavy (non-hydrogen) atoms. The van der Waals surface area contributed by atoms with Crippen molar-refractivity contribution in [1.29, 1.82) is 0 Å². The highest BCUT2D eigenvalue weighted by Crippen LogP contribution is 2.47. The molecule has 1 aromatic heterocycles. The number of anilines is 1. The van der Waals surface area contributed by atoms with Gasteiger partial charge in [-0.05, 0) is 29.7 Å². The maximum atomic E-state index is 13.9. The number of aromatic nitrogens is 1. The monoisotopic (exact) mass is 451 g/mol. The Morgan fingerprint density at radius 1 is 1.19 bits per heavy atom. The summed E-state index contributed by atoms with van der Waals surface area (Å²) >= 11 is 0. The van der Waals surface area contributed by atoms with Crippen LogP contribution in [0.4, 0.5) is 32.4 Å². The molecule has 0 fully saturated rings. The number of hydrogen-bond donors (Lipinski definition) is 1. The summed E-state index contributed by atoms with van der Waals surface area (Å²) in [5.41, 5.74) is 3.06. The van der Waals surface area contributed by atoms with Gasteiger partial charge in [0, 0.05) is 29.8 Å². The Hall–Kier alpha value is -3.43. The first kappa shape index (κ1) is 21.8. The van der Waals surface area contributed by atoms with Crippen LogP contribution in [0.25, 0.3) is 10.8 Å². The van der Waals surface area contributed by atoms with Gasteiger partial charge in [-0.1, -0.05) is 18.2 Å². The molecular formula is C22H18F5N3O2. The van der Waals surface area contributed by atoms with E-state index >= 15 is 0 Å². The predicted octanol–water partition coefficient (Wildman–Crippen LogP) is 5.34. The van der Waals surface area contributed by atoms with Gasteiger partial charge in [0.25, 0.3) is 0 Å². The Balaban J connectivity index is 1.92. The lowest BCUT2D eigenvalue weighted by atomic mass is 9.86. The molecule has 0 spiro atoms. The number of alkyl halides is 5. The Bertz CT molecular complexity index is 1160. The summed E-state index contributed by atoms with van der Waals surface area (Å²) < 4.78 is 73.0. The third kappa shape index (κ3) is 3.69. The van der Waals surface area contributed by atoms with Crippen LogP contribution in [-0.2, 0) is 6.18 Å². The van der Waals surface area contributed by atoms with Crippen LogP contribution in [0.5, 0.6) is 5.75 Å². The molecule has 10 heteroatoms. The van der Waals surface area contributed by atoms with Gasteiger partial charge in [0.2, 0.25) is 0 Å². The highest BCUT2D eigenvalue weighted by Gasteiger charge is 2.46. The third-order valence-corrected chi connectivity index (χ3v) is 5.55. The molecule has 2 N–H and O–H groups in total. The van der Waals surface area contributed by atoms with Crippen LogP contribution in [0.3, 0.4) is 0 Å². The molecule has 168 valence electrons. The number of rotatable bonds is 4. The topological polar surface area (TPSA) is 68.5 Å². The number of benzene rings is 2. The lowest BCUT2D eigenvalue weighted by Gasteiger charge is -2.43. The van der Waals surface area contributed by atoms with Crippen LogP contribution in [0.1, 0.15) is 23.6 Å². The molecule has 1 atom stereocenters. The summed E-state index contributed by atoms with van der Waals surface area (Å²) in [7, 11) is 0. The molecule has 4 rings (SSSR count). The van der Waals surface area contributed by atoms with Crippen molar-refractivity contribution in [3.63, 3.8) is 0 Å². The first-order chi connectivity index (χ1) is 15.2. The first-order valence-corrected chi connectivity index (χ1v) is 9.62. The fourth-order valence-electron chi connectivity index (χ4n) is 3.99. The minimum absolute atomic E-state index is 0.162. The zero-order valence-electron chi connectivity index (χ0n) is 16.6. The summed E-state index contributed by atoms with van der Waals surface area (Å²) in [6.07, 6.45) is -1.98. The number of hydrogen-bond acceptors (Lipinski definition) is 3. The molecule has 1 aliphatic rings. The van der Waals surface area contributed by atoms with Gasteiger partial charge < -0.3 is 10.5 Å². The van der Waals surface area contributed by atoms with Gasteiger partial charge in [0.15, 0.2) is 5.60 Å². The van der Waals surface area contributed by atoms with Crippen LogP contribution in [0.2, 0.25) is 0 Å². The van der Waals surface area contributed by atoms with E-state index in [-0.39, 0.29) is 17.7 Å². The molecule has 0 saturated carbocycles. The lowest BCUT2D eigenvalue weighted by molar-refractivity contribution is -0.137. The zero-order chi connectivity index (χ0) is 23.1. The van der Waals surface area contributed by atoms with E-state index < -0.39 is 42.8 Å². The van der Waals surface area contributed by atoms with Gasteiger partial charge in [-0.15, -0.1) is 0 Å². The van der Waals surface area contributed by atoms with E-state index in [0.717, 1.165) is 22.4 Å². The van der Waals surface area contributed by atoms with E-state index in [1.165, 1.54) is 6.20 Å². The molecule has 0 radical (unpaired) electrons. The number of nitrogens with zero attached hydrogens (tertiary/aromatic N) is 2. The summed E-state index contributed by atoms with van der Waals surface area (Å²) in [4.78, 5) is 17.8. The largest absolute Gasteiger partial charge is 0.481 e. The molecule has 0 saturated heterocycles. The normalized spacial score (nSPS) is 17.5. The highest BCUT2D eigenvalue weighted by atomic mass is 19.4. The molecule has 0 unspecified atom stereocenters. The molecule has 0 aliphatic carbocycles. The summed E-state index contributed by atoms with van der Waals surface area (Å²) in [6, 6.07) is 7.38. The zero-order valence-corrected chi connectivity index (χ0v) is 16.6. The fraction of sp³-hybridized carbons (Fsp3) is 0.273. The van der Waals surface area contributed by atoms with Gasteiger partial charge in [0.05, 0.1) is 17.3 Å². The Morgan fingerprint density at radius 3 is 2.59 bits per heavy atom. The van der Waals surface area contributed by atoms with Gasteiger partial charge >= 0.3 is 12.2 Å². The van der Waals surface area contributed by atoms with E-state index in [0.29, 0.717) is 17.1 Å². The van der Waals surface area contributed by atoms with Crippen LogP contribution in [-0.4, -0.2) is 30.0 Å². The molecule has 5 nitrogen and oxygen atoms in total. The SMILES string of the molecule is NC(=O)N(c1cccc2ccncc12)[C@@H]1CC(CF)(CF)Oc2cc(C(F)(F)F)ccc21. The van der Waals surface area contributed by atoms with E-state index in [1.807, 2.05) is 0 Å². The number of pyridine rings is 1. The summed E-state index contributed by atoms with van der Waals surface area (Å²) in [5.74, 6) is -0.351. The number of ether oxygens (including phenoxy) is 1. The standard InChI is InChI=1S/C22H18F5N3O2/c23-11-21(12-24)9-18(15-5-4-14(22(25,26)27)8-19(15)32-21)30(20(28)31)17-3-1-2-13-6-7-29-10-16(13)17/h1-8,10,18H,9,11-12H2,(H2,28,31)/t18-/m1/s1. The Morgan fingerprint density at radius 2 is 1.94 bits per heavy atom. The minimum atomic E-state index is -4.69. The van der Waals surface area contributed by atoms with Gasteiger partial charge in [0.1, 0.15) is 19.1 Å². The quantitative estimate of drug-likeness (QED) is 0.545. The van der Waals surface area contributed by atoms with E-state index in [9.17, 15) is 26.7 Å². The second-order valence-electron chi connectivity index (χ2n) is 7.60. The van der Waals surface area contributed by atoms with Crippen molar-refractivity contribution in [2.75, 3.05) is 18.2 Å². The number of amides is 2. The van der Waals surface area contributed by atoms with Crippen molar-refractivity contribution in [2.45, 2.75) is 24.2 Å². The number of primary amides is 1. The molecule has 2 amide bonds. The van der Waals surface area contributed by atoms with Gasteiger partial charge in [-0.3, -0.25) is 9.88 Å². The van der Waals surface area contributed by atoms with Crippen molar-refractivity contribution >= 4 is 22.5 Å². The molecular weight excluding hydrogens is 433 g/mol. The summed E-state index contributed by atoms with van der Waals surface area (Å²) in [5, 5.41) is 1.27. The van der Waals surface area contributed by atoms with Crippen molar-refractivity contribution in [3.05, 3.63) is 66.0 Å². The third-order valence-electron chi connectivity index (χ3n) is 5.55. The van der Waals surface area contributed by atoms with Crippen LogP contribution in [0, 0.1) is 0 Å². The highest BCUT2D eigenvalue weighted by molar-refractivity contribution is 6.02. The maximum absolute atomic E-state index is 13.9. The first-order valence-electron chi connectivity index (χ1n) is 9.62. The average Bonchev–Trinajstić information content (AvgIpc) is 2.78. The maximum Gasteiger partial charge on any atom is 0.416 e. The van der Waals surface area contributed by atoms with Gasteiger partial charge in [-0.2, -0.15) is 13.2 Å². The predicted molar refractivity (Wildman–Crippen MR) is 108 cm³/mol. The number of urea groups is 1. The minimum Gasteiger partial charge on any atom is -0.481 e. The molecule has 2 heterocycles. The van der Waals surface area contributed by atoms with Crippen molar-refractivity contribution < 1.29 is 31.5 Å². The summed E-state index contributed by atoms with van der Waals surface area (Å²) in [6.45, 7) is -2.61. The molecule has 1 aliphatic heterocycles. The average molecular weight is 451 g/mol. The van der Waals surface area contributed by atoms with Crippen molar-refractivity contribution in [1.82, 2.24) is 4.98 Å². The molecule has 2 aromatic carbocycles. The number of carbonyl (C=O) groups is 1. The number of fused-ring (bicyclic) bond motifs is 2. The second-order valence-corrected chi connectivity index (χ2v) is 7.60. The Kier molecular flexibility index (Phi) is 5.39. The van der Waals surface area contributed by atoms with Crippen LogP contribution in [0.15, 0.2) is 54.9 Å². The fourth-order valence-corrected chi connectivity index (χ4v) is 3.99.